The predicted octanol–water partition coefficient (Wildman–Crippen LogP) is 1.54. The van der Waals surface area contributed by atoms with Crippen LogP contribution in [0.5, 0.6) is 5.75 Å². The van der Waals surface area contributed by atoms with Gasteiger partial charge in [0.05, 0.1) is 0 Å². The number of hydrogen-bond donors (Lipinski definition) is 1. The summed E-state index contributed by atoms with van der Waals surface area (Å²) in [5.41, 5.74) is 3.14. The molecule has 1 saturated heterocycles. The molecule has 1 fully saturated rings. The van der Waals surface area contributed by atoms with Crippen molar-refractivity contribution in [1.82, 2.24) is 24.1 Å². The van der Waals surface area contributed by atoms with Crippen LogP contribution in [0.4, 0.5) is 11.6 Å². The van der Waals surface area contributed by atoms with Crippen molar-refractivity contribution < 1.29 is 17.9 Å². The summed E-state index contributed by atoms with van der Waals surface area (Å²) in [4.78, 5) is 26.3. The molecule has 1 N–H and O–H groups in total. The molecule has 2 aliphatic rings. The summed E-state index contributed by atoms with van der Waals surface area (Å²) in [5.74, 6) is 1.25. The number of rotatable bonds is 9. The number of anilines is 2. The molecule has 2 aromatic carbocycles. The molecule has 1 amide bonds. The number of nitrogens with one attached hydrogen (secondary N) is 1. The predicted molar refractivity (Wildman–Crippen MR) is 167 cm³/mol. The minimum atomic E-state index is -3.61. The first kappa shape index (κ1) is 30.8. The van der Waals surface area contributed by atoms with Gasteiger partial charge in [-0.15, -0.1) is 0 Å². The van der Waals surface area contributed by atoms with Gasteiger partial charge in [0.15, 0.2) is 0 Å². The molecule has 2 aliphatic heterocycles. The van der Waals surface area contributed by atoms with Crippen molar-refractivity contribution in [3.05, 3.63) is 58.7 Å². The number of amides is 1. The Hall–Kier alpha value is -2.69. The van der Waals surface area contributed by atoms with Crippen LogP contribution in [0.1, 0.15) is 24.0 Å². The average molecular weight is 675 g/mol. The van der Waals surface area contributed by atoms with Crippen molar-refractivity contribution in [2.45, 2.75) is 30.6 Å². The van der Waals surface area contributed by atoms with E-state index in [4.69, 9.17) is 21.3 Å². The van der Waals surface area contributed by atoms with Gasteiger partial charge in [0.1, 0.15) is 0 Å². The Morgan fingerprint density at radius 1 is 1.10 bits per heavy atom. The van der Waals surface area contributed by atoms with Crippen LogP contribution in [0.3, 0.4) is 0 Å². The van der Waals surface area contributed by atoms with Gasteiger partial charge in [0.2, 0.25) is 0 Å². The third kappa shape index (κ3) is 6.92. The summed E-state index contributed by atoms with van der Waals surface area (Å²) in [7, 11) is 1.06. The molecule has 224 valence electrons. The molecule has 0 spiro atoms. The van der Waals surface area contributed by atoms with E-state index in [0.29, 0.717) is 32.1 Å². The van der Waals surface area contributed by atoms with Crippen LogP contribution in [0.2, 0.25) is 5.02 Å². The summed E-state index contributed by atoms with van der Waals surface area (Å²) < 4.78 is 34.1. The van der Waals surface area contributed by atoms with E-state index in [1.54, 1.807) is 25.4 Å². The molecule has 1 unspecified atom stereocenters. The number of ether oxygens (including phenoxy) is 1. The fourth-order valence-corrected chi connectivity index (χ4v) is 9.71. The first-order chi connectivity index (χ1) is 20.2. The number of carbonyl (C=O) groups is 1. The Balaban J connectivity index is 1.34. The first-order valence-electron chi connectivity index (χ1n) is 13.9. The summed E-state index contributed by atoms with van der Waals surface area (Å²) in [6, 6.07) is 11.1. The normalized spacial score (nSPS) is 16.2. The fourth-order valence-electron chi connectivity index (χ4n) is 5.24. The van der Waals surface area contributed by atoms with Crippen molar-refractivity contribution in [1.29, 1.82) is 0 Å². The zero-order valence-electron chi connectivity index (χ0n) is 24.1. The summed E-state index contributed by atoms with van der Waals surface area (Å²) in [6.07, 6.45) is 5.39. The molecule has 5 rings (SSSR count). The molecule has 42 heavy (non-hydrogen) atoms. The van der Waals surface area contributed by atoms with Crippen molar-refractivity contribution in [3.63, 3.8) is 0 Å². The maximum absolute atomic E-state index is 12.9. The standard InChI is InChI=1S/C29H36AsClN6O4S/c1-35(2)42(39,40)26-9-5-4-8-22(26)30-28-23(31)18-32-29(34-28)33-24-16-20-10-14-36(15-11-21(20)17-25(24)41-3)19-27(38)37-12-6-7-13-37/h4-5,8-9,16-18,30H,6-7,10-15,19H2,1-3H3,(H,32,33,34). The van der Waals surface area contributed by atoms with Gasteiger partial charge in [-0.2, -0.15) is 0 Å². The number of halogens is 1. The van der Waals surface area contributed by atoms with Crippen LogP contribution in [0, 0.1) is 0 Å². The van der Waals surface area contributed by atoms with E-state index in [2.05, 4.69) is 27.3 Å². The average Bonchev–Trinajstić information content (AvgIpc) is 3.45. The van der Waals surface area contributed by atoms with Crippen molar-refractivity contribution >= 4 is 63.8 Å². The number of benzene rings is 2. The van der Waals surface area contributed by atoms with Gasteiger partial charge < -0.3 is 4.90 Å². The second kappa shape index (κ2) is 13.3. The first-order valence-corrected chi connectivity index (χ1v) is 17.9. The number of carbonyl (C=O) groups excluding carboxylic acids is 1. The van der Waals surface area contributed by atoms with Crippen LogP contribution in [0.25, 0.3) is 0 Å². The van der Waals surface area contributed by atoms with Crippen LogP contribution in [0.15, 0.2) is 47.5 Å². The molecule has 0 radical (unpaired) electrons. The Labute approximate surface area is 259 Å². The molecule has 0 bridgehead atoms. The third-order valence-electron chi connectivity index (χ3n) is 7.62. The number of likely N-dealkylation sites (tertiary alicyclic amines) is 1. The molecule has 3 heterocycles. The monoisotopic (exact) mass is 674 g/mol. The zero-order valence-corrected chi connectivity index (χ0v) is 27.7. The summed E-state index contributed by atoms with van der Waals surface area (Å²) in [6.45, 7) is 3.83. The molecular formula is C29H36AsClN6O4S. The Kier molecular flexibility index (Phi) is 9.74. The summed E-state index contributed by atoms with van der Waals surface area (Å²) in [5, 5.41) is 3.70. The van der Waals surface area contributed by atoms with Gasteiger partial charge in [-0.3, -0.25) is 4.79 Å². The minimum absolute atomic E-state index is 0.221. The van der Waals surface area contributed by atoms with Crippen LogP contribution >= 0.6 is 11.6 Å². The molecular weight excluding hydrogens is 639 g/mol. The molecule has 1 aromatic heterocycles. The number of fused-ring (bicyclic) bond motifs is 1. The maximum atomic E-state index is 12.9. The summed E-state index contributed by atoms with van der Waals surface area (Å²) >= 11 is 5.30. The van der Waals surface area contributed by atoms with Crippen LogP contribution < -0.4 is 18.9 Å². The topological polar surface area (TPSA) is 108 Å². The Morgan fingerprint density at radius 3 is 2.48 bits per heavy atom. The van der Waals surface area contributed by atoms with E-state index in [1.165, 1.54) is 29.5 Å². The number of sulfonamides is 1. The van der Waals surface area contributed by atoms with Gasteiger partial charge in [-0.25, -0.2) is 0 Å². The second-order valence-electron chi connectivity index (χ2n) is 10.6. The zero-order chi connectivity index (χ0) is 29.9. The van der Waals surface area contributed by atoms with E-state index < -0.39 is 25.8 Å². The molecule has 0 aliphatic carbocycles. The van der Waals surface area contributed by atoms with Gasteiger partial charge in [-0.1, -0.05) is 0 Å². The van der Waals surface area contributed by atoms with E-state index in [1.807, 2.05) is 17.0 Å². The van der Waals surface area contributed by atoms with Crippen molar-refractivity contribution in [2.24, 2.45) is 0 Å². The molecule has 3 aromatic rings. The van der Waals surface area contributed by atoms with E-state index in [-0.39, 0.29) is 10.8 Å². The molecule has 0 saturated carbocycles. The van der Waals surface area contributed by atoms with Gasteiger partial charge in [-0.05, 0) is 12.8 Å². The van der Waals surface area contributed by atoms with Gasteiger partial charge >= 0.3 is 224 Å². The third-order valence-corrected chi connectivity index (χ3v) is 13.3. The van der Waals surface area contributed by atoms with Crippen LogP contribution in [-0.4, -0.2) is 108 Å². The number of nitrogens with zero attached hydrogens (tertiary/aromatic N) is 5. The van der Waals surface area contributed by atoms with E-state index in [0.717, 1.165) is 57.5 Å². The fraction of sp³-hybridized carbons (Fsp3) is 0.414. The quantitative estimate of drug-likeness (QED) is 0.341. The molecule has 10 nitrogen and oxygen atoms in total. The number of methoxy groups -OCH3 is 1. The van der Waals surface area contributed by atoms with E-state index in [9.17, 15) is 13.2 Å². The Morgan fingerprint density at radius 2 is 1.79 bits per heavy atom. The van der Waals surface area contributed by atoms with Crippen molar-refractivity contribution in [3.8, 4) is 5.75 Å². The van der Waals surface area contributed by atoms with E-state index >= 15 is 0 Å². The van der Waals surface area contributed by atoms with Gasteiger partial charge in [0.25, 0.3) is 0 Å². The number of aromatic nitrogens is 2. The number of hydrogen-bond acceptors (Lipinski definition) is 8. The Bertz CT molecular complexity index is 1570. The van der Waals surface area contributed by atoms with Crippen LogP contribution in [-0.2, 0) is 27.7 Å². The molecule has 13 heteroatoms. The molecule has 1 atom stereocenters. The second-order valence-corrected chi connectivity index (χ2v) is 15.8. The van der Waals surface area contributed by atoms with Gasteiger partial charge in [0, 0.05) is 13.1 Å². The SMILES string of the molecule is COc1cc2c(cc1Nc1ncc(Cl)c([AsH]c3ccccc3S(=O)(=O)N(C)C)n1)CCN(CC(=O)N1CCCC1)CC2. The van der Waals surface area contributed by atoms with Crippen molar-refractivity contribution in [2.75, 3.05) is 59.2 Å².